The predicted octanol–water partition coefficient (Wildman–Crippen LogP) is -0.179. The minimum atomic E-state index is -1.20. The summed E-state index contributed by atoms with van der Waals surface area (Å²) in [5.74, 6) is -1.08. The average Bonchev–Trinajstić information content (AvgIpc) is 3.22. The summed E-state index contributed by atoms with van der Waals surface area (Å²) in [6, 6.07) is -1.70. The lowest BCUT2D eigenvalue weighted by atomic mass is 10.1. The van der Waals surface area contributed by atoms with Gasteiger partial charge < -0.3 is 26.2 Å². The van der Waals surface area contributed by atoms with Crippen LogP contribution in [0, 0.1) is 5.92 Å². The van der Waals surface area contributed by atoms with Crippen LogP contribution in [0.25, 0.3) is 0 Å². The molecule has 3 amide bonds. The first-order chi connectivity index (χ1) is 9.99. The van der Waals surface area contributed by atoms with E-state index in [1.54, 1.807) is 0 Å². The predicted molar refractivity (Wildman–Crippen MR) is 74.5 cm³/mol. The molecule has 1 atom stereocenters. The first kappa shape index (κ1) is 17.2. The Morgan fingerprint density at radius 1 is 1.33 bits per heavy atom. The number of carboxylic acid groups (broad SMARTS) is 1. The van der Waals surface area contributed by atoms with E-state index in [1.807, 2.05) is 0 Å². The van der Waals surface area contributed by atoms with Crippen LogP contribution >= 0.6 is 0 Å². The standard InChI is InChI=1S/C13H23N3O5/c14-11(17)5-4-10(12(18)19)16-13(20)15-6-1-7-21-8-9-2-3-9/h9-10H,1-8H2,(H2,14,17)(H,18,19)(H2,15,16,20)/t10-/m1/s1. The van der Waals surface area contributed by atoms with Gasteiger partial charge in [0.15, 0.2) is 0 Å². The number of urea groups is 1. The summed E-state index contributed by atoms with van der Waals surface area (Å²) in [5.41, 5.74) is 4.95. The summed E-state index contributed by atoms with van der Waals surface area (Å²) in [6.45, 7) is 1.75. The first-order valence-electron chi connectivity index (χ1n) is 7.12. The molecule has 0 aromatic heterocycles. The van der Waals surface area contributed by atoms with Crippen LogP contribution in [0.15, 0.2) is 0 Å². The third-order valence-corrected chi connectivity index (χ3v) is 3.08. The molecule has 0 aromatic carbocycles. The summed E-state index contributed by atoms with van der Waals surface area (Å²) in [7, 11) is 0. The topological polar surface area (TPSA) is 131 Å². The maximum atomic E-state index is 11.5. The van der Waals surface area contributed by atoms with Crippen LogP contribution in [0.1, 0.15) is 32.1 Å². The van der Waals surface area contributed by atoms with Crippen LogP contribution in [0.5, 0.6) is 0 Å². The van der Waals surface area contributed by atoms with Gasteiger partial charge in [0.05, 0.1) is 0 Å². The molecule has 1 saturated carbocycles. The zero-order valence-corrected chi connectivity index (χ0v) is 12.0. The number of rotatable bonds is 11. The van der Waals surface area contributed by atoms with Gasteiger partial charge in [0, 0.05) is 26.2 Å². The number of ether oxygens (including phenoxy) is 1. The van der Waals surface area contributed by atoms with E-state index in [2.05, 4.69) is 10.6 Å². The van der Waals surface area contributed by atoms with Crippen LogP contribution in [-0.2, 0) is 14.3 Å². The Morgan fingerprint density at radius 3 is 2.62 bits per heavy atom. The molecule has 1 aliphatic carbocycles. The molecular weight excluding hydrogens is 278 g/mol. The van der Waals surface area contributed by atoms with Crippen LogP contribution < -0.4 is 16.4 Å². The Kier molecular flexibility index (Phi) is 7.52. The fourth-order valence-electron chi connectivity index (χ4n) is 1.66. The summed E-state index contributed by atoms with van der Waals surface area (Å²) >= 11 is 0. The molecule has 0 bridgehead atoms. The van der Waals surface area contributed by atoms with Gasteiger partial charge in [-0.2, -0.15) is 0 Å². The van der Waals surface area contributed by atoms with Gasteiger partial charge in [0.1, 0.15) is 6.04 Å². The molecule has 1 rings (SSSR count). The quantitative estimate of drug-likeness (QED) is 0.393. The maximum absolute atomic E-state index is 11.5. The second-order valence-electron chi connectivity index (χ2n) is 5.17. The van der Waals surface area contributed by atoms with Crippen LogP contribution in [0.2, 0.25) is 0 Å². The zero-order valence-electron chi connectivity index (χ0n) is 12.0. The Labute approximate surface area is 123 Å². The van der Waals surface area contributed by atoms with Crippen molar-refractivity contribution >= 4 is 17.9 Å². The second kappa shape index (κ2) is 9.17. The lowest BCUT2D eigenvalue weighted by molar-refractivity contribution is -0.139. The van der Waals surface area contributed by atoms with Crippen molar-refractivity contribution < 1.29 is 24.2 Å². The Bertz CT molecular complexity index is 371. The molecule has 21 heavy (non-hydrogen) atoms. The van der Waals surface area contributed by atoms with Crippen molar-refractivity contribution in [3.05, 3.63) is 0 Å². The molecule has 120 valence electrons. The maximum Gasteiger partial charge on any atom is 0.326 e. The number of carbonyl (C=O) groups excluding carboxylic acids is 2. The molecular formula is C13H23N3O5. The molecule has 0 saturated heterocycles. The van der Waals surface area contributed by atoms with E-state index in [9.17, 15) is 14.4 Å². The van der Waals surface area contributed by atoms with E-state index in [0.717, 1.165) is 6.61 Å². The third-order valence-electron chi connectivity index (χ3n) is 3.08. The van der Waals surface area contributed by atoms with E-state index in [0.29, 0.717) is 25.5 Å². The SMILES string of the molecule is NC(=O)CC[C@@H](NC(=O)NCCCOCC1CC1)C(=O)O. The molecule has 0 aromatic rings. The number of amides is 3. The van der Waals surface area contributed by atoms with Crippen molar-refractivity contribution in [1.29, 1.82) is 0 Å². The zero-order chi connectivity index (χ0) is 15.7. The van der Waals surface area contributed by atoms with Crippen molar-refractivity contribution in [2.24, 2.45) is 11.7 Å². The highest BCUT2D eigenvalue weighted by molar-refractivity contribution is 5.83. The van der Waals surface area contributed by atoms with E-state index < -0.39 is 23.9 Å². The highest BCUT2D eigenvalue weighted by Gasteiger charge is 2.21. The number of nitrogens with one attached hydrogen (secondary N) is 2. The Hall–Kier alpha value is -1.83. The molecule has 5 N–H and O–H groups in total. The molecule has 1 fully saturated rings. The van der Waals surface area contributed by atoms with E-state index >= 15 is 0 Å². The fourth-order valence-corrected chi connectivity index (χ4v) is 1.66. The number of hydrogen-bond donors (Lipinski definition) is 4. The number of hydrogen-bond acceptors (Lipinski definition) is 4. The van der Waals surface area contributed by atoms with Gasteiger partial charge in [0.25, 0.3) is 0 Å². The lowest BCUT2D eigenvalue weighted by Crippen LogP contribution is -2.46. The number of aliphatic carboxylic acids is 1. The smallest absolute Gasteiger partial charge is 0.326 e. The Balaban J connectivity index is 2.07. The molecule has 0 heterocycles. The molecule has 8 heteroatoms. The summed E-state index contributed by atoms with van der Waals surface area (Å²) < 4.78 is 5.41. The molecule has 0 spiro atoms. The summed E-state index contributed by atoms with van der Waals surface area (Å²) in [5, 5.41) is 13.8. The van der Waals surface area contributed by atoms with Gasteiger partial charge >= 0.3 is 12.0 Å². The highest BCUT2D eigenvalue weighted by atomic mass is 16.5. The van der Waals surface area contributed by atoms with Gasteiger partial charge in [-0.05, 0) is 31.6 Å². The molecule has 0 unspecified atom stereocenters. The Morgan fingerprint density at radius 2 is 2.05 bits per heavy atom. The van der Waals surface area contributed by atoms with Crippen LogP contribution in [0.3, 0.4) is 0 Å². The third kappa shape index (κ3) is 8.85. The molecule has 1 aliphatic rings. The average molecular weight is 301 g/mol. The minimum Gasteiger partial charge on any atom is -0.480 e. The van der Waals surface area contributed by atoms with Gasteiger partial charge in [-0.1, -0.05) is 0 Å². The van der Waals surface area contributed by atoms with Crippen LogP contribution in [-0.4, -0.2) is 48.8 Å². The van der Waals surface area contributed by atoms with Crippen molar-refractivity contribution in [3.8, 4) is 0 Å². The normalized spacial score (nSPS) is 15.2. The van der Waals surface area contributed by atoms with E-state index in [1.165, 1.54) is 12.8 Å². The van der Waals surface area contributed by atoms with Crippen molar-refractivity contribution in [2.45, 2.75) is 38.1 Å². The fraction of sp³-hybridized carbons (Fsp3) is 0.769. The molecule has 0 radical (unpaired) electrons. The minimum absolute atomic E-state index is 0.0252. The van der Waals surface area contributed by atoms with E-state index in [4.69, 9.17) is 15.6 Å². The van der Waals surface area contributed by atoms with Crippen molar-refractivity contribution in [1.82, 2.24) is 10.6 Å². The van der Waals surface area contributed by atoms with Gasteiger partial charge in [-0.25, -0.2) is 9.59 Å². The summed E-state index contributed by atoms with van der Waals surface area (Å²) in [6.07, 6.45) is 3.03. The van der Waals surface area contributed by atoms with Gasteiger partial charge in [-0.15, -0.1) is 0 Å². The van der Waals surface area contributed by atoms with Gasteiger partial charge in [0.2, 0.25) is 5.91 Å². The number of primary amides is 1. The number of carbonyl (C=O) groups is 3. The monoisotopic (exact) mass is 301 g/mol. The lowest BCUT2D eigenvalue weighted by Gasteiger charge is -2.14. The molecule has 0 aliphatic heterocycles. The first-order valence-corrected chi connectivity index (χ1v) is 7.12. The summed E-state index contributed by atoms with van der Waals surface area (Å²) in [4.78, 5) is 33.1. The van der Waals surface area contributed by atoms with Crippen molar-refractivity contribution in [2.75, 3.05) is 19.8 Å². The van der Waals surface area contributed by atoms with Crippen molar-refractivity contribution in [3.63, 3.8) is 0 Å². The second-order valence-corrected chi connectivity index (χ2v) is 5.17. The van der Waals surface area contributed by atoms with Gasteiger partial charge in [-0.3, -0.25) is 4.79 Å². The number of carboxylic acids is 1. The molecule has 8 nitrogen and oxygen atoms in total. The largest absolute Gasteiger partial charge is 0.480 e. The van der Waals surface area contributed by atoms with Crippen LogP contribution in [0.4, 0.5) is 4.79 Å². The highest BCUT2D eigenvalue weighted by Crippen LogP contribution is 2.28. The number of nitrogens with two attached hydrogens (primary N) is 1. The van der Waals surface area contributed by atoms with E-state index in [-0.39, 0.29) is 12.8 Å².